The lowest BCUT2D eigenvalue weighted by molar-refractivity contribution is 1.26. The van der Waals surface area contributed by atoms with Crippen LogP contribution in [0.1, 0.15) is 0 Å². The van der Waals surface area contributed by atoms with Gasteiger partial charge in [-0.2, -0.15) is 0 Å². The van der Waals surface area contributed by atoms with Gasteiger partial charge >= 0.3 is 0 Å². The molecule has 0 spiro atoms. The summed E-state index contributed by atoms with van der Waals surface area (Å²) < 4.78 is 0. The first kappa shape index (κ1) is 11.1. The molecule has 0 saturated carbocycles. The standard InChI is InChI=1S/C15H9ClN2S/c16-10-5-3-7-12-15(10)18-14-9-4-1-2-6-11(9)17-8-13(14)19-12/h1-8,18H. The Morgan fingerprint density at radius 1 is 0.947 bits per heavy atom. The number of hydrogen-bond donors (Lipinski definition) is 1. The van der Waals surface area contributed by atoms with Gasteiger partial charge in [-0.05, 0) is 18.2 Å². The Morgan fingerprint density at radius 2 is 1.84 bits per heavy atom. The van der Waals surface area contributed by atoms with Crippen LogP contribution >= 0.6 is 23.4 Å². The fourth-order valence-corrected chi connectivity index (χ4v) is 3.58. The molecule has 19 heavy (non-hydrogen) atoms. The quantitative estimate of drug-likeness (QED) is 0.486. The monoisotopic (exact) mass is 284 g/mol. The minimum atomic E-state index is 0.747. The Labute approximate surface area is 119 Å². The number of benzene rings is 2. The molecule has 0 radical (unpaired) electrons. The van der Waals surface area contributed by atoms with Crippen LogP contribution < -0.4 is 5.32 Å². The summed E-state index contributed by atoms with van der Waals surface area (Å²) in [6, 6.07) is 14.1. The number of aromatic nitrogens is 1. The van der Waals surface area contributed by atoms with Gasteiger partial charge < -0.3 is 5.32 Å². The van der Waals surface area contributed by atoms with Crippen molar-refractivity contribution in [2.75, 3.05) is 5.32 Å². The highest BCUT2D eigenvalue weighted by Gasteiger charge is 2.19. The highest BCUT2D eigenvalue weighted by molar-refractivity contribution is 7.99. The molecule has 2 aromatic carbocycles. The highest BCUT2D eigenvalue weighted by Crippen LogP contribution is 2.48. The molecule has 0 unspecified atom stereocenters. The molecular weight excluding hydrogens is 276 g/mol. The lowest BCUT2D eigenvalue weighted by atomic mass is 10.1. The van der Waals surface area contributed by atoms with Crippen LogP contribution in [-0.4, -0.2) is 4.98 Å². The van der Waals surface area contributed by atoms with Crippen LogP contribution in [0.4, 0.5) is 11.4 Å². The summed E-state index contributed by atoms with van der Waals surface area (Å²) in [5, 5.41) is 5.33. The van der Waals surface area contributed by atoms with E-state index in [1.165, 1.54) is 0 Å². The van der Waals surface area contributed by atoms with Crippen LogP contribution in [0.5, 0.6) is 0 Å². The molecule has 92 valence electrons. The number of pyridine rings is 1. The van der Waals surface area contributed by atoms with Crippen molar-refractivity contribution in [3.63, 3.8) is 0 Å². The Balaban J connectivity index is 1.98. The van der Waals surface area contributed by atoms with Crippen LogP contribution in [-0.2, 0) is 0 Å². The van der Waals surface area contributed by atoms with Gasteiger partial charge in [-0.3, -0.25) is 4.98 Å². The van der Waals surface area contributed by atoms with E-state index in [0.717, 1.165) is 37.1 Å². The number of anilines is 2. The van der Waals surface area contributed by atoms with Crippen LogP contribution in [0.25, 0.3) is 10.9 Å². The van der Waals surface area contributed by atoms with Crippen LogP contribution in [0.2, 0.25) is 5.02 Å². The minimum absolute atomic E-state index is 0.747. The second-order valence-corrected chi connectivity index (χ2v) is 5.85. The van der Waals surface area contributed by atoms with Crippen molar-refractivity contribution >= 4 is 45.6 Å². The van der Waals surface area contributed by atoms with Gasteiger partial charge in [0.05, 0.1) is 26.8 Å². The molecule has 2 nitrogen and oxygen atoms in total. The van der Waals surface area contributed by atoms with Gasteiger partial charge in [-0.1, -0.05) is 47.6 Å². The molecule has 1 aliphatic heterocycles. The van der Waals surface area contributed by atoms with Crippen LogP contribution in [0.15, 0.2) is 58.5 Å². The Kier molecular flexibility index (Phi) is 2.43. The molecular formula is C15H9ClN2S. The number of nitrogens with zero attached hydrogens (tertiary/aromatic N) is 1. The Morgan fingerprint density at radius 3 is 2.79 bits per heavy atom. The van der Waals surface area contributed by atoms with Gasteiger partial charge in [-0.25, -0.2) is 0 Å². The predicted octanol–water partition coefficient (Wildman–Crippen LogP) is 5.10. The highest BCUT2D eigenvalue weighted by atomic mass is 35.5. The van der Waals surface area contributed by atoms with Crippen LogP contribution in [0.3, 0.4) is 0 Å². The molecule has 0 atom stereocenters. The largest absolute Gasteiger partial charge is 0.352 e. The third-order valence-corrected chi connectivity index (χ3v) is 4.59. The topological polar surface area (TPSA) is 24.9 Å². The summed E-state index contributed by atoms with van der Waals surface area (Å²) in [5.74, 6) is 0. The molecule has 4 rings (SSSR count). The second kappa shape index (κ2) is 4.15. The number of halogens is 1. The van der Waals surface area contributed by atoms with E-state index >= 15 is 0 Å². The molecule has 1 aliphatic rings. The van der Waals surface area contributed by atoms with E-state index in [4.69, 9.17) is 11.6 Å². The summed E-state index contributed by atoms with van der Waals surface area (Å²) >= 11 is 7.97. The molecule has 2 heterocycles. The molecule has 0 amide bonds. The van der Waals surface area contributed by atoms with Gasteiger partial charge in [0.15, 0.2) is 0 Å². The molecule has 0 saturated heterocycles. The van der Waals surface area contributed by atoms with E-state index in [0.29, 0.717) is 0 Å². The number of hydrogen-bond acceptors (Lipinski definition) is 3. The summed E-state index contributed by atoms with van der Waals surface area (Å²) in [5.41, 5.74) is 3.07. The summed E-state index contributed by atoms with van der Waals surface area (Å²) in [4.78, 5) is 6.77. The fourth-order valence-electron chi connectivity index (χ4n) is 2.28. The number of para-hydroxylation sites is 2. The average molecular weight is 285 g/mol. The van der Waals surface area contributed by atoms with Crippen molar-refractivity contribution in [1.29, 1.82) is 0 Å². The zero-order valence-electron chi connectivity index (χ0n) is 9.85. The van der Waals surface area contributed by atoms with E-state index in [-0.39, 0.29) is 0 Å². The third kappa shape index (κ3) is 1.70. The normalized spacial score (nSPS) is 12.7. The molecule has 0 fully saturated rings. The summed E-state index contributed by atoms with van der Waals surface area (Å²) in [6.45, 7) is 0. The molecule has 0 bridgehead atoms. The van der Waals surface area contributed by atoms with Crippen molar-refractivity contribution in [1.82, 2.24) is 4.98 Å². The molecule has 3 aromatic rings. The van der Waals surface area contributed by atoms with Gasteiger partial charge in [0.25, 0.3) is 0 Å². The first-order chi connectivity index (χ1) is 9.33. The molecule has 1 N–H and O–H groups in total. The van der Waals surface area contributed by atoms with Gasteiger partial charge in [0.1, 0.15) is 0 Å². The van der Waals surface area contributed by atoms with E-state index in [1.54, 1.807) is 11.8 Å². The van der Waals surface area contributed by atoms with Crippen molar-refractivity contribution in [2.24, 2.45) is 0 Å². The van der Waals surface area contributed by atoms with Crippen molar-refractivity contribution in [3.8, 4) is 0 Å². The fraction of sp³-hybridized carbons (Fsp3) is 0. The second-order valence-electron chi connectivity index (χ2n) is 4.35. The summed E-state index contributed by atoms with van der Waals surface area (Å²) in [6.07, 6.45) is 1.92. The Hall–Kier alpha value is -1.71. The number of fused-ring (bicyclic) bond motifs is 4. The zero-order chi connectivity index (χ0) is 12.8. The smallest absolute Gasteiger partial charge is 0.0723 e. The lowest BCUT2D eigenvalue weighted by Crippen LogP contribution is -2.02. The lowest BCUT2D eigenvalue weighted by Gasteiger charge is -2.22. The van der Waals surface area contributed by atoms with Crippen molar-refractivity contribution in [3.05, 3.63) is 53.7 Å². The average Bonchev–Trinajstić information content (AvgIpc) is 2.46. The predicted molar refractivity (Wildman–Crippen MR) is 80.6 cm³/mol. The first-order valence-electron chi connectivity index (χ1n) is 5.94. The van der Waals surface area contributed by atoms with E-state index in [2.05, 4.69) is 22.4 Å². The van der Waals surface area contributed by atoms with Gasteiger partial charge in [-0.15, -0.1) is 0 Å². The van der Waals surface area contributed by atoms with Crippen LogP contribution in [0, 0.1) is 0 Å². The third-order valence-electron chi connectivity index (χ3n) is 3.19. The van der Waals surface area contributed by atoms with Gasteiger partial charge in [0.2, 0.25) is 0 Å². The van der Waals surface area contributed by atoms with E-state index < -0.39 is 0 Å². The van der Waals surface area contributed by atoms with Crippen molar-refractivity contribution < 1.29 is 0 Å². The maximum Gasteiger partial charge on any atom is 0.0723 e. The van der Waals surface area contributed by atoms with Gasteiger partial charge in [0, 0.05) is 16.5 Å². The number of rotatable bonds is 0. The van der Waals surface area contributed by atoms with E-state index in [9.17, 15) is 0 Å². The maximum atomic E-state index is 6.27. The molecule has 4 heteroatoms. The first-order valence-corrected chi connectivity index (χ1v) is 7.13. The Bertz CT molecular complexity index is 801. The summed E-state index contributed by atoms with van der Waals surface area (Å²) in [7, 11) is 0. The van der Waals surface area contributed by atoms with E-state index in [1.807, 2.05) is 36.5 Å². The number of nitrogens with one attached hydrogen (secondary N) is 1. The molecule has 1 aromatic heterocycles. The molecule has 0 aliphatic carbocycles. The maximum absolute atomic E-state index is 6.27. The zero-order valence-corrected chi connectivity index (χ0v) is 11.4. The SMILES string of the molecule is Clc1cccc2c1Nc1c(cnc3ccccc13)S2. The van der Waals surface area contributed by atoms with Crippen molar-refractivity contribution in [2.45, 2.75) is 9.79 Å². The minimum Gasteiger partial charge on any atom is -0.352 e.